The summed E-state index contributed by atoms with van der Waals surface area (Å²) in [5.74, 6) is 0.000664. The van der Waals surface area contributed by atoms with Crippen molar-refractivity contribution >= 4 is 17.2 Å². The summed E-state index contributed by atoms with van der Waals surface area (Å²) in [6.45, 7) is 4.73. The number of aryl methyl sites for hydroxylation is 1. The van der Waals surface area contributed by atoms with Crippen LogP contribution in [0.3, 0.4) is 0 Å². The summed E-state index contributed by atoms with van der Waals surface area (Å²) in [5, 5.41) is 5.82. The Bertz CT molecular complexity index is 849. The molecule has 2 heterocycles. The molecule has 5 heteroatoms. The van der Waals surface area contributed by atoms with E-state index in [1.165, 1.54) is 22.7 Å². The summed E-state index contributed by atoms with van der Waals surface area (Å²) in [4.78, 5) is 16.7. The van der Waals surface area contributed by atoms with E-state index in [4.69, 9.17) is 0 Å². The summed E-state index contributed by atoms with van der Waals surface area (Å²) < 4.78 is 2.15. The van der Waals surface area contributed by atoms with E-state index >= 15 is 0 Å². The number of amides is 1. The Morgan fingerprint density at radius 3 is 2.67 bits per heavy atom. The Hall–Kier alpha value is -2.40. The predicted molar refractivity (Wildman–Crippen MR) is 98.0 cm³/mol. The zero-order valence-corrected chi connectivity index (χ0v) is 15.0. The molecule has 0 aliphatic heterocycles. The van der Waals surface area contributed by atoms with E-state index < -0.39 is 0 Å². The van der Waals surface area contributed by atoms with Gasteiger partial charge in [-0.3, -0.25) is 4.79 Å². The van der Waals surface area contributed by atoms with Crippen molar-refractivity contribution in [3.05, 3.63) is 63.7 Å². The first kappa shape index (κ1) is 16.5. The lowest BCUT2D eigenvalue weighted by atomic mass is 10.2. The fraction of sp³-hybridized carbons (Fsp3) is 0.263. The lowest BCUT2D eigenvalue weighted by Crippen LogP contribution is -2.24. The molecular formula is C19H21N3OS. The SMILES string of the molecule is Cc1cc(-c2csc(CC(=O)NCc3ccccc3)n2)c(C)n1C. The molecule has 0 spiro atoms. The maximum atomic E-state index is 12.1. The topological polar surface area (TPSA) is 46.9 Å². The van der Waals surface area contributed by atoms with E-state index in [-0.39, 0.29) is 5.91 Å². The van der Waals surface area contributed by atoms with Gasteiger partial charge in [-0.1, -0.05) is 30.3 Å². The van der Waals surface area contributed by atoms with Crippen LogP contribution in [-0.2, 0) is 24.8 Å². The van der Waals surface area contributed by atoms with Gasteiger partial charge in [-0.15, -0.1) is 11.3 Å². The van der Waals surface area contributed by atoms with Crippen molar-refractivity contribution in [1.82, 2.24) is 14.9 Å². The van der Waals surface area contributed by atoms with Gasteiger partial charge in [-0.2, -0.15) is 0 Å². The molecule has 2 aromatic heterocycles. The molecule has 0 unspecified atom stereocenters. The Morgan fingerprint density at radius 2 is 2.00 bits per heavy atom. The van der Waals surface area contributed by atoms with E-state index in [9.17, 15) is 4.79 Å². The number of nitrogens with one attached hydrogen (secondary N) is 1. The number of aromatic nitrogens is 2. The fourth-order valence-corrected chi connectivity index (χ4v) is 3.42. The van der Waals surface area contributed by atoms with Gasteiger partial charge in [0.2, 0.25) is 5.91 Å². The van der Waals surface area contributed by atoms with Gasteiger partial charge in [0.15, 0.2) is 0 Å². The summed E-state index contributed by atoms with van der Waals surface area (Å²) in [7, 11) is 2.05. The van der Waals surface area contributed by atoms with Crippen molar-refractivity contribution in [1.29, 1.82) is 0 Å². The number of hydrogen-bond acceptors (Lipinski definition) is 3. The van der Waals surface area contributed by atoms with E-state index in [1.807, 2.05) is 35.7 Å². The van der Waals surface area contributed by atoms with Gasteiger partial charge < -0.3 is 9.88 Å². The van der Waals surface area contributed by atoms with Crippen LogP contribution in [-0.4, -0.2) is 15.5 Å². The highest BCUT2D eigenvalue weighted by molar-refractivity contribution is 7.10. The molecule has 4 nitrogen and oxygen atoms in total. The van der Waals surface area contributed by atoms with Crippen LogP contribution < -0.4 is 5.32 Å². The molecule has 0 saturated carbocycles. The second-order valence-corrected chi connectivity index (χ2v) is 6.85. The lowest BCUT2D eigenvalue weighted by Gasteiger charge is -2.03. The van der Waals surface area contributed by atoms with E-state index in [0.717, 1.165) is 21.8 Å². The molecule has 1 amide bonds. The van der Waals surface area contributed by atoms with Gasteiger partial charge in [0.1, 0.15) is 5.01 Å². The van der Waals surface area contributed by atoms with Crippen molar-refractivity contribution in [3.63, 3.8) is 0 Å². The zero-order chi connectivity index (χ0) is 17.1. The van der Waals surface area contributed by atoms with Gasteiger partial charge in [0.25, 0.3) is 0 Å². The maximum absolute atomic E-state index is 12.1. The fourth-order valence-electron chi connectivity index (χ4n) is 2.63. The number of benzene rings is 1. The standard InChI is InChI=1S/C19H21N3OS/c1-13-9-16(14(2)22(13)3)17-12-24-19(21-17)10-18(23)20-11-15-7-5-4-6-8-15/h4-9,12H,10-11H2,1-3H3,(H,20,23). The number of thiazole rings is 1. The first-order valence-electron chi connectivity index (χ1n) is 7.93. The van der Waals surface area contributed by atoms with Gasteiger partial charge in [0, 0.05) is 35.9 Å². The molecule has 0 aliphatic rings. The molecule has 0 radical (unpaired) electrons. The van der Waals surface area contributed by atoms with Crippen LogP contribution >= 0.6 is 11.3 Å². The van der Waals surface area contributed by atoms with Crippen molar-refractivity contribution in [3.8, 4) is 11.3 Å². The minimum atomic E-state index is 0.000664. The number of carbonyl (C=O) groups is 1. The highest BCUT2D eigenvalue weighted by Crippen LogP contribution is 2.27. The number of carbonyl (C=O) groups excluding carboxylic acids is 1. The minimum absolute atomic E-state index is 0.000664. The van der Waals surface area contributed by atoms with Gasteiger partial charge in [-0.05, 0) is 25.5 Å². The van der Waals surface area contributed by atoms with Crippen LogP contribution in [0.25, 0.3) is 11.3 Å². The summed E-state index contributed by atoms with van der Waals surface area (Å²) >= 11 is 1.54. The highest BCUT2D eigenvalue weighted by Gasteiger charge is 2.13. The first-order valence-corrected chi connectivity index (χ1v) is 8.81. The summed E-state index contributed by atoms with van der Waals surface area (Å²) in [6, 6.07) is 12.1. The number of hydrogen-bond donors (Lipinski definition) is 1. The smallest absolute Gasteiger partial charge is 0.227 e. The van der Waals surface area contributed by atoms with Crippen molar-refractivity contribution in [2.45, 2.75) is 26.8 Å². The second kappa shape index (κ2) is 7.01. The van der Waals surface area contributed by atoms with Crippen LogP contribution in [0.2, 0.25) is 0 Å². The molecule has 1 aromatic carbocycles. The van der Waals surface area contributed by atoms with Gasteiger partial charge in [0.05, 0.1) is 12.1 Å². The zero-order valence-electron chi connectivity index (χ0n) is 14.2. The molecule has 0 atom stereocenters. The van der Waals surface area contributed by atoms with Crippen LogP contribution in [0, 0.1) is 13.8 Å². The van der Waals surface area contributed by atoms with Crippen molar-refractivity contribution < 1.29 is 4.79 Å². The largest absolute Gasteiger partial charge is 0.352 e. The molecule has 0 aliphatic carbocycles. The molecule has 124 valence electrons. The average molecular weight is 339 g/mol. The average Bonchev–Trinajstić information content (AvgIpc) is 3.14. The third kappa shape index (κ3) is 3.57. The minimum Gasteiger partial charge on any atom is -0.352 e. The first-order chi connectivity index (χ1) is 11.5. The predicted octanol–water partition coefficient (Wildman–Crippen LogP) is 3.62. The Morgan fingerprint density at radius 1 is 1.25 bits per heavy atom. The molecule has 1 N–H and O–H groups in total. The molecule has 3 rings (SSSR count). The number of rotatable bonds is 5. The third-order valence-electron chi connectivity index (χ3n) is 4.25. The quantitative estimate of drug-likeness (QED) is 0.772. The van der Waals surface area contributed by atoms with Crippen LogP contribution in [0.5, 0.6) is 0 Å². The molecule has 3 aromatic rings. The Kier molecular flexibility index (Phi) is 4.81. The Labute approximate surface area is 146 Å². The highest BCUT2D eigenvalue weighted by atomic mass is 32.1. The van der Waals surface area contributed by atoms with E-state index in [2.05, 4.69) is 41.8 Å². The van der Waals surface area contributed by atoms with Crippen LogP contribution in [0.1, 0.15) is 22.0 Å². The third-order valence-corrected chi connectivity index (χ3v) is 5.10. The summed E-state index contributed by atoms with van der Waals surface area (Å²) in [6.07, 6.45) is 0.322. The molecule has 0 bridgehead atoms. The summed E-state index contributed by atoms with van der Waals surface area (Å²) in [5.41, 5.74) is 5.59. The molecule has 24 heavy (non-hydrogen) atoms. The Balaban J connectivity index is 1.63. The molecule has 0 saturated heterocycles. The lowest BCUT2D eigenvalue weighted by molar-refractivity contribution is -0.120. The van der Waals surface area contributed by atoms with E-state index in [1.54, 1.807) is 0 Å². The maximum Gasteiger partial charge on any atom is 0.227 e. The second-order valence-electron chi connectivity index (χ2n) is 5.91. The van der Waals surface area contributed by atoms with Crippen LogP contribution in [0.15, 0.2) is 41.8 Å². The van der Waals surface area contributed by atoms with Crippen LogP contribution in [0.4, 0.5) is 0 Å². The van der Waals surface area contributed by atoms with E-state index in [0.29, 0.717) is 13.0 Å². The van der Waals surface area contributed by atoms with Gasteiger partial charge in [-0.25, -0.2) is 4.98 Å². The molecule has 0 fully saturated rings. The number of nitrogens with zero attached hydrogens (tertiary/aromatic N) is 2. The molecular weight excluding hydrogens is 318 g/mol. The van der Waals surface area contributed by atoms with Crippen molar-refractivity contribution in [2.75, 3.05) is 0 Å². The van der Waals surface area contributed by atoms with Gasteiger partial charge >= 0.3 is 0 Å². The van der Waals surface area contributed by atoms with Crippen molar-refractivity contribution in [2.24, 2.45) is 7.05 Å². The monoisotopic (exact) mass is 339 g/mol. The normalized spacial score (nSPS) is 10.8.